The number of nitrogens with zero attached hydrogens (tertiary/aromatic N) is 3. The maximum atomic E-state index is 12.1. The van der Waals surface area contributed by atoms with Crippen LogP contribution in [0.25, 0.3) is 0 Å². The quantitative estimate of drug-likeness (QED) is 0.277. The predicted octanol–water partition coefficient (Wildman–Crippen LogP) is 2.73. The summed E-state index contributed by atoms with van der Waals surface area (Å²) < 4.78 is 0. The Bertz CT molecular complexity index is 619. The highest BCUT2D eigenvalue weighted by Crippen LogP contribution is 2.17. The molecule has 1 heterocycles. The summed E-state index contributed by atoms with van der Waals surface area (Å²) in [6.45, 7) is 5.07. The Hall–Kier alpha value is -2.09. The van der Waals surface area contributed by atoms with Crippen molar-refractivity contribution in [2.75, 3.05) is 18.0 Å². The van der Waals surface area contributed by atoms with Crippen LogP contribution in [0.2, 0.25) is 5.15 Å². The van der Waals surface area contributed by atoms with Crippen molar-refractivity contribution in [1.29, 1.82) is 0 Å². The van der Waals surface area contributed by atoms with Gasteiger partial charge in [-0.15, -0.1) is 0 Å². The fourth-order valence-electron chi connectivity index (χ4n) is 2.39. The van der Waals surface area contributed by atoms with Crippen LogP contribution in [0.4, 0.5) is 11.6 Å². The Balaban J connectivity index is 2.27. The number of halogens is 1. The molecule has 9 heteroatoms. The maximum Gasteiger partial charge on any atom is 0.280 e. The molecule has 0 radical (unpaired) electrons. The molecule has 0 saturated carbocycles. The zero-order chi connectivity index (χ0) is 19.5. The number of hydrogen-bond acceptors (Lipinski definition) is 6. The Morgan fingerprint density at radius 2 is 1.69 bits per heavy atom. The summed E-state index contributed by atoms with van der Waals surface area (Å²) in [5.74, 6) is 0.0266. The van der Waals surface area contributed by atoms with Crippen molar-refractivity contribution in [1.82, 2.24) is 15.3 Å². The summed E-state index contributed by atoms with van der Waals surface area (Å²) in [6, 6.07) is 0. The molecule has 26 heavy (non-hydrogen) atoms. The van der Waals surface area contributed by atoms with E-state index in [0.29, 0.717) is 6.54 Å². The molecular weight excluding hydrogens is 354 g/mol. The first-order valence-corrected chi connectivity index (χ1v) is 9.38. The number of nitrogens with one attached hydrogen (secondary N) is 1. The van der Waals surface area contributed by atoms with Crippen LogP contribution in [-0.4, -0.2) is 28.4 Å². The van der Waals surface area contributed by atoms with Crippen molar-refractivity contribution in [3.8, 4) is 0 Å². The van der Waals surface area contributed by atoms with E-state index in [4.69, 9.17) is 28.8 Å². The summed E-state index contributed by atoms with van der Waals surface area (Å²) in [6.07, 6.45) is 8.35. The number of rotatable bonds is 10. The van der Waals surface area contributed by atoms with Gasteiger partial charge in [0.1, 0.15) is 0 Å². The first-order chi connectivity index (χ1) is 12.3. The lowest BCUT2D eigenvalue weighted by molar-refractivity contribution is 0.0972. The van der Waals surface area contributed by atoms with E-state index in [-0.39, 0.29) is 28.4 Å². The molecule has 0 aromatic carbocycles. The number of aromatic nitrogens is 2. The van der Waals surface area contributed by atoms with E-state index in [1.54, 1.807) is 0 Å². The number of amides is 1. The van der Waals surface area contributed by atoms with Gasteiger partial charge in [-0.05, 0) is 12.3 Å². The highest BCUT2D eigenvalue weighted by Gasteiger charge is 2.16. The molecule has 0 saturated heterocycles. The molecule has 0 fully saturated rings. The normalized spacial score (nSPS) is 11.8. The van der Waals surface area contributed by atoms with Gasteiger partial charge in [0.25, 0.3) is 5.91 Å². The molecule has 0 spiro atoms. The number of unbranched alkanes of at least 4 members (excludes halogenated alkanes) is 5. The highest BCUT2D eigenvalue weighted by molar-refractivity contribution is 6.31. The Morgan fingerprint density at radius 3 is 2.35 bits per heavy atom. The minimum Gasteiger partial charge on any atom is -0.382 e. The lowest BCUT2D eigenvalue weighted by atomic mass is 10.0. The molecule has 0 aliphatic heterocycles. The third-order valence-corrected chi connectivity index (χ3v) is 4.11. The first-order valence-electron chi connectivity index (χ1n) is 9.01. The molecule has 1 rings (SSSR count). The lowest BCUT2D eigenvalue weighted by Gasteiger charge is -2.07. The molecule has 7 N–H and O–H groups in total. The molecule has 1 aromatic rings. The van der Waals surface area contributed by atoms with Gasteiger partial charge in [-0.2, -0.15) is 0 Å². The standard InChI is InChI=1S/C17H30ClN7O/c1-11(2)9-7-5-3-4-6-8-10-22-17(21)25-16(26)12-14(19)24-15(20)13(18)23-12/h11H,3-10H2,1-2H3,(H4,19,20,24)(H3,21,22,25,26). The molecule has 1 amide bonds. The molecule has 8 nitrogen and oxygen atoms in total. The molecule has 1 aromatic heterocycles. The van der Waals surface area contributed by atoms with E-state index in [9.17, 15) is 4.79 Å². The topological polar surface area (TPSA) is 145 Å². The number of anilines is 2. The van der Waals surface area contributed by atoms with Gasteiger partial charge >= 0.3 is 0 Å². The van der Waals surface area contributed by atoms with Crippen LogP contribution in [0.3, 0.4) is 0 Å². The van der Waals surface area contributed by atoms with E-state index in [1.807, 2.05) is 0 Å². The molecule has 0 bridgehead atoms. The van der Waals surface area contributed by atoms with Crippen molar-refractivity contribution in [2.24, 2.45) is 16.6 Å². The summed E-state index contributed by atoms with van der Waals surface area (Å²) in [5, 5.41) is 2.33. The first kappa shape index (κ1) is 22.0. The SMILES string of the molecule is CC(C)CCCCCCCCN=C(N)NC(=O)c1nc(Cl)c(N)nc1N. The van der Waals surface area contributed by atoms with Gasteiger partial charge in [0, 0.05) is 6.54 Å². The Labute approximate surface area is 160 Å². The van der Waals surface area contributed by atoms with Crippen LogP contribution in [0.15, 0.2) is 4.99 Å². The average molecular weight is 384 g/mol. The number of carbonyl (C=O) groups is 1. The summed E-state index contributed by atoms with van der Waals surface area (Å²) >= 11 is 5.75. The molecule has 146 valence electrons. The molecular formula is C17H30ClN7O. The minimum absolute atomic E-state index is 0.0149. The maximum absolute atomic E-state index is 12.1. The van der Waals surface area contributed by atoms with Crippen LogP contribution in [-0.2, 0) is 0 Å². The third kappa shape index (κ3) is 8.33. The van der Waals surface area contributed by atoms with Gasteiger partial charge in [-0.3, -0.25) is 15.1 Å². The summed E-state index contributed by atoms with van der Waals surface area (Å²) in [4.78, 5) is 23.8. The largest absolute Gasteiger partial charge is 0.382 e. The van der Waals surface area contributed by atoms with Crippen LogP contribution < -0.4 is 22.5 Å². The molecule has 0 aliphatic carbocycles. The number of aliphatic imine (C=N–C) groups is 1. The van der Waals surface area contributed by atoms with Gasteiger partial charge in [-0.1, -0.05) is 64.0 Å². The second-order valence-corrected chi connectivity index (χ2v) is 7.02. The fourth-order valence-corrected chi connectivity index (χ4v) is 2.52. The Kier molecular flexibility index (Phi) is 9.72. The van der Waals surface area contributed by atoms with Gasteiger partial charge < -0.3 is 17.2 Å². The monoisotopic (exact) mass is 383 g/mol. The molecule has 0 unspecified atom stereocenters. The zero-order valence-corrected chi connectivity index (χ0v) is 16.4. The average Bonchev–Trinajstić information content (AvgIpc) is 2.56. The zero-order valence-electron chi connectivity index (χ0n) is 15.6. The van der Waals surface area contributed by atoms with E-state index >= 15 is 0 Å². The number of nitrogens with two attached hydrogens (primary N) is 3. The fraction of sp³-hybridized carbons (Fsp3) is 0.647. The highest BCUT2D eigenvalue weighted by atomic mass is 35.5. The van der Waals surface area contributed by atoms with E-state index in [1.165, 1.54) is 32.1 Å². The number of guanidine groups is 1. The van der Waals surface area contributed by atoms with Crippen molar-refractivity contribution < 1.29 is 4.79 Å². The Morgan fingerprint density at radius 1 is 1.08 bits per heavy atom. The second-order valence-electron chi connectivity index (χ2n) is 6.66. The van der Waals surface area contributed by atoms with Gasteiger partial charge in [0.05, 0.1) is 0 Å². The lowest BCUT2D eigenvalue weighted by Crippen LogP contribution is -2.38. The van der Waals surface area contributed by atoms with Gasteiger partial charge in [0.2, 0.25) is 0 Å². The van der Waals surface area contributed by atoms with Crippen LogP contribution in [0.5, 0.6) is 0 Å². The van der Waals surface area contributed by atoms with Crippen LogP contribution in [0.1, 0.15) is 69.3 Å². The predicted molar refractivity (Wildman–Crippen MR) is 107 cm³/mol. The van der Waals surface area contributed by atoms with Gasteiger partial charge in [0.15, 0.2) is 28.4 Å². The molecule has 0 atom stereocenters. The van der Waals surface area contributed by atoms with Gasteiger partial charge in [-0.25, -0.2) is 9.97 Å². The summed E-state index contributed by atoms with van der Waals surface area (Å²) in [7, 11) is 0. The van der Waals surface area contributed by atoms with E-state index in [0.717, 1.165) is 18.8 Å². The van der Waals surface area contributed by atoms with E-state index < -0.39 is 5.91 Å². The van der Waals surface area contributed by atoms with Crippen molar-refractivity contribution >= 4 is 35.1 Å². The van der Waals surface area contributed by atoms with Crippen LogP contribution >= 0.6 is 11.6 Å². The van der Waals surface area contributed by atoms with E-state index in [2.05, 4.69) is 34.1 Å². The second kappa shape index (κ2) is 11.5. The van der Waals surface area contributed by atoms with Crippen molar-refractivity contribution in [3.05, 3.63) is 10.8 Å². The van der Waals surface area contributed by atoms with Crippen molar-refractivity contribution in [3.63, 3.8) is 0 Å². The third-order valence-electron chi connectivity index (χ3n) is 3.83. The smallest absolute Gasteiger partial charge is 0.280 e. The van der Waals surface area contributed by atoms with Crippen LogP contribution in [0, 0.1) is 5.92 Å². The number of hydrogen-bond donors (Lipinski definition) is 4. The molecule has 0 aliphatic rings. The summed E-state index contributed by atoms with van der Waals surface area (Å²) in [5.41, 5.74) is 16.7. The number of nitrogen functional groups attached to an aromatic ring is 2. The number of carbonyl (C=O) groups excluding carboxylic acids is 1. The minimum atomic E-state index is -0.622. The van der Waals surface area contributed by atoms with Crippen molar-refractivity contribution in [2.45, 2.75) is 58.8 Å².